The Hall–Kier alpha value is -3.81. The Morgan fingerprint density at radius 3 is 2.61 bits per heavy atom. The quantitative estimate of drug-likeness (QED) is 0.303. The first-order valence-corrected chi connectivity index (χ1v) is 8.32. The van der Waals surface area contributed by atoms with E-state index in [1.54, 1.807) is 44.2 Å². The van der Waals surface area contributed by atoms with Crippen molar-refractivity contribution in [3.63, 3.8) is 0 Å². The van der Waals surface area contributed by atoms with Crippen LogP contribution in [0.1, 0.15) is 38.0 Å². The van der Waals surface area contributed by atoms with Crippen molar-refractivity contribution in [1.29, 1.82) is 0 Å². The van der Waals surface area contributed by atoms with Gasteiger partial charge in [0.1, 0.15) is 11.5 Å². The number of carbonyl (C=O) groups is 2. The molecule has 0 aliphatic carbocycles. The summed E-state index contributed by atoms with van der Waals surface area (Å²) in [5.74, 6) is 0.807. The number of carbonyl (C=O) groups excluding carboxylic acids is 2. The van der Waals surface area contributed by atoms with E-state index in [1.165, 1.54) is 25.7 Å². The van der Waals surface area contributed by atoms with Gasteiger partial charge >= 0.3 is 5.97 Å². The summed E-state index contributed by atoms with van der Waals surface area (Å²) in [7, 11) is 1.45. The first-order valence-electron chi connectivity index (χ1n) is 8.32. The molecule has 0 saturated heterocycles. The molecule has 3 aromatic rings. The molecule has 0 fully saturated rings. The second-order valence-corrected chi connectivity index (χ2v) is 5.80. The maximum absolute atomic E-state index is 12.1. The van der Waals surface area contributed by atoms with Crippen LogP contribution < -0.4 is 14.9 Å². The van der Waals surface area contributed by atoms with Crippen LogP contribution in [-0.4, -0.2) is 25.2 Å². The zero-order valence-electron chi connectivity index (χ0n) is 15.5. The number of hydrogen-bond acceptors (Lipinski definition) is 7. The van der Waals surface area contributed by atoms with Gasteiger partial charge in [-0.25, -0.2) is 10.2 Å². The van der Waals surface area contributed by atoms with E-state index in [9.17, 15) is 9.59 Å². The minimum absolute atomic E-state index is 0.0835. The predicted molar refractivity (Wildman–Crippen MR) is 99.9 cm³/mol. The van der Waals surface area contributed by atoms with E-state index in [4.69, 9.17) is 18.3 Å². The van der Waals surface area contributed by atoms with Crippen LogP contribution in [0.3, 0.4) is 0 Å². The molecule has 2 heterocycles. The number of ether oxygens (including phenoxy) is 2. The fraction of sp³-hybridized carbons (Fsp3) is 0.150. The molecule has 0 spiro atoms. The summed E-state index contributed by atoms with van der Waals surface area (Å²) >= 11 is 0. The van der Waals surface area contributed by atoms with E-state index >= 15 is 0 Å². The van der Waals surface area contributed by atoms with E-state index in [0.717, 1.165) is 0 Å². The van der Waals surface area contributed by atoms with Gasteiger partial charge in [0.25, 0.3) is 5.91 Å². The summed E-state index contributed by atoms with van der Waals surface area (Å²) in [6.45, 7) is 3.47. The van der Waals surface area contributed by atoms with Crippen LogP contribution in [0.25, 0.3) is 0 Å². The van der Waals surface area contributed by atoms with E-state index in [-0.39, 0.29) is 17.4 Å². The molecule has 144 valence electrons. The summed E-state index contributed by atoms with van der Waals surface area (Å²) in [5, 5.41) is 3.93. The van der Waals surface area contributed by atoms with Crippen LogP contribution in [0.5, 0.6) is 11.5 Å². The number of hydrogen-bond donors (Lipinski definition) is 1. The molecular formula is C20H18N2O6. The number of benzene rings is 1. The fourth-order valence-electron chi connectivity index (χ4n) is 2.48. The summed E-state index contributed by atoms with van der Waals surface area (Å²) in [6, 6.07) is 9.58. The molecule has 1 amide bonds. The minimum Gasteiger partial charge on any atom is -0.493 e. The second-order valence-electron chi connectivity index (χ2n) is 5.80. The molecule has 0 aliphatic heterocycles. The van der Waals surface area contributed by atoms with Gasteiger partial charge in [-0.1, -0.05) is 0 Å². The summed E-state index contributed by atoms with van der Waals surface area (Å²) < 4.78 is 20.8. The number of furan rings is 2. The number of methoxy groups -OCH3 is 1. The van der Waals surface area contributed by atoms with Crippen LogP contribution >= 0.6 is 0 Å². The third-order valence-corrected chi connectivity index (χ3v) is 3.78. The third-order valence-electron chi connectivity index (χ3n) is 3.78. The van der Waals surface area contributed by atoms with Gasteiger partial charge in [0.15, 0.2) is 11.5 Å². The van der Waals surface area contributed by atoms with Crippen LogP contribution in [0.15, 0.2) is 56.6 Å². The lowest BCUT2D eigenvalue weighted by Crippen LogP contribution is -2.17. The molecule has 2 aromatic heterocycles. The highest BCUT2D eigenvalue weighted by Crippen LogP contribution is 2.28. The first kappa shape index (κ1) is 19.0. The van der Waals surface area contributed by atoms with Crippen molar-refractivity contribution in [2.24, 2.45) is 5.10 Å². The Morgan fingerprint density at radius 2 is 1.96 bits per heavy atom. The largest absolute Gasteiger partial charge is 0.493 e. The summed E-state index contributed by atoms with van der Waals surface area (Å²) in [5.41, 5.74) is 3.49. The van der Waals surface area contributed by atoms with Gasteiger partial charge in [-0.15, -0.1) is 0 Å². The number of hydrazone groups is 1. The first-order chi connectivity index (χ1) is 13.5. The van der Waals surface area contributed by atoms with E-state index in [0.29, 0.717) is 28.4 Å². The molecular weight excluding hydrogens is 364 g/mol. The molecule has 28 heavy (non-hydrogen) atoms. The minimum atomic E-state index is -0.636. The highest BCUT2D eigenvalue weighted by Gasteiger charge is 2.15. The van der Waals surface area contributed by atoms with Gasteiger partial charge in [0.05, 0.1) is 25.2 Å². The SMILES string of the molecule is COc1cc(C=NNC(=O)c2cc(C)oc2C)ccc1OC(=O)c1ccco1. The molecule has 0 saturated carbocycles. The number of nitrogens with zero attached hydrogens (tertiary/aromatic N) is 1. The maximum atomic E-state index is 12.1. The highest BCUT2D eigenvalue weighted by molar-refractivity contribution is 5.96. The van der Waals surface area contributed by atoms with Crippen LogP contribution in [0, 0.1) is 13.8 Å². The van der Waals surface area contributed by atoms with Gasteiger partial charge in [0, 0.05) is 0 Å². The fourth-order valence-corrected chi connectivity index (χ4v) is 2.48. The van der Waals surface area contributed by atoms with Gasteiger partial charge in [-0.2, -0.15) is 5.10 Å². The Morgan fingerprint density at radius 1 is 1.14 bits per heavy atom. The molecule has 0 unspecified atom stereocenters. The lowest BCUT2D eigenvalue weighted by molar-refractivity contribution is 0.0696. The van der Waals surface area contributed by atoms with Gasteiger partial charge in [0.2, 0.25) is 5.76 Å². The van der Waals surface area contributed by atoms with Crippen molar-refractivity contribution in [2.75, 3.05) is 7.11 Å². The average Bonchev–Trinajstić information content (AvgIpc) is 3.32. The number of amides is 1. The predicted octanol–water partition coefficient (Wildman–Crippen LogP) is 3.48. The van der Waals surface area contributed by atoms with Gasteiger partial charge in [-0.3, -0.25) is 4.79 Å². The molecule has 8 heteroatoms. The lowest BCUT2D eigenvalue weighted by Gasteiger charge is -2.09. The van der Waals surface area contributed by atoms with Crippen molar-refractivity contribution in [1.82, 2.24) is 5.43 Å². The van der Waals surface area contributed by atoms with Crippen molar-refractivity contribution in [3.05, 3.63) is 71.1 Å². The summed E-state index contributed by atoms with van der Waals surface area (Å²) in [4.78, 5) is 24.1. The Labute approximate surface area is 160 Å². The third kappa shape index (κ3) is 4.29. The smallest absolute Gasteiger partial charge is 0.379 e. The maximum Gasteiger partial charge on any atom is 0.379 e. The molecule has 1 aromatic carbocycles. The standard InChI is InChI=1S/C20H18N2O6/c1-12-9-15(13(2)27-12)19(23)22-21-11-14-6-7-16(18(10-14)25-3)28-20(24)17-5-4-8-26-17/h4-11H,1-3H3,(H,22,23). The lowest BCUT2D eigenvalue weighted by atomic mass is 10.2. The molecule has 0 atom stereocenters. The molecule has 3 rings (SSSR count). The number of rotatable bonds is 6. The molecule has 8 nitrogen and oxygen atoms in total. The Kier molecular flexibility index (Phi) is 5.59. The van der Waals surface area contributed by atoms with Crippen LogP contribution in [0.4, 0.5) is 0 Å². The normalized spacial score (nSPS) is 10.8. The van der Waals surface area contributed by atoms with E-state index in [1.807, 2.05) is 0 Å². The van der Waals surface area contributed by atoms with Crippen molar-refractivity contribution in [2.45, 2.75) is 13.8 Å². The highest BCUT2D eigenvalue weighted by atomic mass is 16.6. The number of nitrogens with one attached hydrogen (secondary N) is 1. The molecule has 0 aliphatic rings. The van der Waals surface area contributed by atoms with Gasteiger partial charge < -0.3 is 18.3 Å². The number of aryl methyl sites for hydroxylation is 2. The molecule has 1 N–H and O–H groups in total. The average molecular weight is 382 g/mol. The van der Waals surface area contributed by atoms with Gasteiger partial charge in [-0.05, 0) is 55.8 Å². The topological polar surface area (TPSA) is 103 Å². The van der Waals surface area contributed by atoms with Crippen LogP contribution in [-0.2, 0) is 0 Å². The second kappa shape index (κ2) is 8.26. The van der Waals surface area contributed by atoms with Crippen LogP contribution in [0.2, 0.25) is 0 Å². The summed E-state index contributed by atoms with van der Waals surface area (Å²) in [6.07, 6.45) is 2.83. The monoisotopic (exact) mass is 382 g/mol. The molecule has 0 radical (unpaired) electrons. The van der Waals surface area contributed by atoms with Crippen molar-refractivity contribution >= 4 is 18.1 Å². The zero-order chi connectivity index (χ0) is 20.1. The Bertz CT molecular complexity index is 1020. The number of esters is 1. The molecule has 0 bridgehead atoms. The Balaban J connectivity index is 1.67. The van der Waals surface area contributed by atoms with Crippen molar-refractivity contribution < 1.29 is 27.9 Å². The van der Waals surface area contributed by atoms with Crippen molar-refractivity contribution in [3.8, 4) is 11.5 Å². The van der Waals surface area contributed by atoms with E-state index < -0.39 is 5.97 Å². The van der Waals surface area contributed by atoms with E-state index in [2.05, 4.69) is 10.5 Å². The zero-order valence-corrected chi connectivity index (χ0v) is 15.5.